The van der Waals surface area contributed by atoms with Crippen LogP contribution in [0.4, 0.5) is 0 Å². The van der Waals surface area contributed by atoms with E-state index in [1.54, 1.807) is 5.51 Å². The standard InChI is InChI=1S/C10H7N3OS/c14-13-9-4-2-1-3-7(9)12-10(13)8-5-15-6-11-8/h1-6,14H. The third kappa shape index (κ3) is 1.20. The van der Waals surface area contributed by atoms with Gasteiger partial charge in [-0.05, 0) is 12.1 Å². The topological polar surface area (TPSA) is 50.9 Å². The first-order chi connectivity index (χ1) is 7.36. The van der Waals surface area contributed by atoms with E-state index < -0.39 is 0 Å². The fourth-order valence-corrected chi connectivity index (χ4v) is 2.03. The van der Waals surface area contributed by atoms with Gasteiger partial charge in [0.05, 0.1) is 11.0 Å². The van der Waals surface area contributed by atoms with Crippen LogP contribution in [0.25, 0.3) is 22.6 Å². The lowest BCUT2D eigenvalue weighted by atomic mass is 10.3. The molecule has 15 heavy (non-hydrogen) atoms. The van der Waals surface area contributed by atoms with E-state index in [-0.39, 0.29) is 0 Å². The van der Waals surface area contributed by atoms with Gasteiger partial charge in [-0.25, -0.2) is 9.97 Å². The van der Waals surface area contributed by atoms with Crippen LogP contribution in [-0.4, -0.2) is 19.9 Å². The van der Waals surface area contributed by atoms with E-state index in [4.69, 9.17) is 0 Å². The molecule has 3 aromatic rings. The molecule has 0 aliphatic carbocycles. The summed E-state index contributed by atoms with van der Waals surface area (Å²) >= 11 is 1.48. The number of hydrogen-bond donors (Lipinski definition) is 1. The SMILES string of the molecule is On1c(-c2cscn2)nc2ccccc21. The van der Waals surface area contributed by atoms with Crippen molar-refractivity contribution < 1.29 is 5.21 Å². The summed E-state index contributed by atoms with van der Waals surface area (Å²) in [6.07, 6.45) is 0. The quantitative estimate of drug-likeness (QED) is 0.637. The Morgan fingerprint density at radius 1 is 1.27 bits per heavy atom. The summed E-state index contributed by atoms with van der Waals surface area (Å²) in [5, 5.41) is 11.7. The predicted molar refractivity (Wildman–Crippen MR) is 58.0 cm³/mol. The monoisotopic (exact) mass is 217 g/mol. The second kappa shape index (κ2) is 3.06. The fourth-order valence-electron chi connectivity index (χ4n) is 1.50. The van der Waals surface area contributed by atoms with Crippen LogP contribution in [0.15, 0.2) is 35.2 Å². The summed E-state index contributed by atoms with van der Waals surface area (Å²) in [6.45, 7) is 0. The summed E-state index contributed by atoms with van der Waals surface area (Å²) < 4.78 is 1.07. The van der Waals surface area contributed by atoms with Crippen LogP contribution in [0.3, 0.4) is 0 Å². The molecule has 1 aromatic carbocycles. The van der Waals surface area contributed by atoms with Crippen LogP contribution >= 0.6 is 11.3 Å². The molecule has 0 spiro atoms. The van der Waals surface area contributed by atoms with Crippen LogP contribution in [0.1, 0.15) is 0 Å². The molecular formula is C10H7N3OS. The highest BCUT2D eigenvalue weighted by Gasteiger charge is 2.12. The van der Waals surface area contributed by atoms with Crippen LogP contribution in [0.2, 0.25) is 0 Å². The molecule has 4 nitrogen and oxygen atoms in total. The van der Waals surface area contributed by atoms with Crippen LogP contribution in [0, 0.1) is 0 Å². The molecule has 2 aromatic heterocycles. The van der Waals surface area contributed by atoms with Crippen molar-refractivity contribution in [2.45, 2.75) is 0 Å². The Bertz CT molecular complexity index is 600. The van der Waals surface area contributed by atoms with E-state index >= 15 is 0 Å². The fraction of sp³-hybridized carbons (Fsp3) is 0. The molecule has 0 unspecified atom stereocenters. The number of imidazole rings is 1. The summed E-state index contributed by atoms with van der Waals surface area (Å²) in [5.41, 5.74) is 3.87. The van der Waals surface area contributed by atoms with Crippen LogP contribution in [-0.2, 0) is 0 Å². The molecule has 2 heterocycles. The lowest BCUT2D eigenvalue weighted by molar-refractivity contribution is 0.203. The third-order valence-corrected chi connectivity index (χ3v) is 2.78. The Hall–Kier alpha value is -1.88. The van der Waals surface area contributed by atoms with Gasteiger partial charge in [-0.3, -0.25) is 0 Å². The molecule has 0 radical (unpaired) electrons. The summed E-state index contributed by atoms with van der Waals surface area (Å²) in [5.74, 6) is 0.484. The summed E-state index contributed by atoms with van der Waals surface area (Å²) in [7, 11) is 0. The average Bonchev–Trinajstić information content (AvgIpc) is 2.87. The van der Waals surface area contributed by atoms with Gasteiger partial charge in [0.15, 0.2) is 5.82 Å². The molecule has 0 aliphatic heterocycles. The van der Waals surface area contributed by atoms with E-state index in [1.807, 2.05) is 29.6 Å². The molecule has 1 N–H and O–H groups in total. The zero-order valence-corrected chi connectivity index (χ0v) is 8.48. The number of benzene rings is 1. The molecule has 0 bridgehead atoms. The predicted octanol–water partition coefficient (Wildman–Crippen LogP) is 2.40. The summed E-state index contributed by atoms with van der Waals surface area (Å²) in [4.78, 5) is 8.43. The maximum atomic E-state index is 9.88. The maximum Gasteiger partial charge on any atom is 0.196 e. The smallest absolute Gasteiger partial charge is 0.196 e. The molecule has 0 atom stereocenters. The number of para-hydroxylation sites is 2. The van der Waals surface area contributed by atoms with Gasteiger partial charge in [0.2, 0.25) is 0 Å². The normalized spacial score (nSPS) is 10.9. The van der Waals surface area contributed by atoms with Gasteiger partial charge in [0, 0.05) is 5.38 Å². The Labute approximate surface area is 89.4 Å². The van der Waals surface area contributed by atoms with E-state index in [9.17, 15) is 5.21 Å². The molecule has 0 saturated heterocycles. The van der Waals surface area contributed by atoms with Gasteiger partial charge in [0.25, 0.3) is 0 Å². The van der Waals surface area contributed by atoms with Crippen molar-refractivity contribution in [2.24, 2.45) is 0 Å². The van der Waals surface area contributed by atoms with E-state index in [2.05, 4.69) is 9.97 Å². The molecule has 74 valence electrons. The minimum atomic E-state index is 0.484. The third-order valence-electron chi connectivity index (χ3n) is 2.20. The van der Waals surface area contributed by atoms with Crippen molar-refractivity contribution in [1.82, 2.24) is 14.7 Å². The van der Waals surface area contributed by atoms with Crippen LogP contribution < -0.4 is 0 Å². The zero-order chi connectivity index (χ0) is 10.3. The summed E-state index contributed by atoms with van der Waals surface area (Å²) in [6, 6.07) is 7.43. The minimum absolute atomic E-state index is 0.484. The van der Waals surface area contributed by atoms with Gasteiger partial charge >= 0.3 is 0 Å². The van der Waals surface area contributed by atoms with Crippen molar-refractivity contribution in [3.63, 3.8) is 0 Å². The molecular weight excluding hydrogens is 210 g/mol. The molecule has 0 saturated carbocycles. The second-order valence-corrected chi connectivity index (χ2v) is 3.83. The largest absolute Gasteiger partial charge is 0.426 e. The maximum absolute atomic E-state index is 9.88. The van der Waals surface area contributed by atoms with Crippen molar-refractivity contribution in [1.29, 1.82) is 0 Å². The molecule has 0 aliphatic rings. The first-order valence-electron chi connectivity index (χ1n) is 4.41. The lowest BCUT2D eigenvalue weighted by Gasteiger charge is -1.95. The van der Waals surface area contributed by atoms with Crippen LogP contribution in [0.5, 0.6) is 0 Å². The first kappa shape index (κ1) is 8.43. The number of aromatic nitrogens is 3. The van der Waals surface area contributed by atoms with E-state index in [1.165, 1.54) is 11.3 Å². The Morgan fingerprint density at radius 2 is 2.13 bits per heavy atom. The second-order valence-electron chi connectivity index (χ2n) is 3.11. The highest BCUT2D eigenvalue weighted by Crippen LogP contribution is 2.22. The highest BCUT2D eigenvalue weighted by molar-refractivity contribution is 7.07. The van der Waals surface area contributed by atoms with Crippen molar-refractivity contribution in [3.05, 3.63) is 35.2 Å². The van der Waals surface area contributed by atoms with E-state index in [0.29, 0.717) is 17.0 Å². The number of nitrogens with zero attached hydrogens (tertiary/aromatic N) is 3. The number of thiazole rings is 1. The molecule has 5 heteroatoms. The van der Waals surface area contributed by atoms with Crippen molar-refractivity contribution >= 4 is 22.4 Å². The minimum Gasteiger partial charge on any atom is -0.426 e. The van der Waals surface area contributed by atoms with Crippen molar-refractivity contribution in [3.8, 4) is 11.5 Å². The van der Waals surface area contributed by atoms with Gasteiger partial charge in [-0.2, -0.15) is 4.73 Å². The first-order valence-corrected chi connectivity index (χ1v) is 5.36. The lowest BCUT2D eigenvalue weighted by Crippen LogP contribution is -1.93. The molecule has 0 amide bonds. The zero-order valence-electron chi connectivity index (χ0n) is 7.66. The molecule has 0 fully saturated rings. The van der Waals surface area contributed by atoms with Gasteiger partial charge in [-0.1, -0.05) is 12.1 Å². The Balaban J connectivity index is 2.33. The van der Waals surface area contributed by atoms with Crippen molar-refractivity contribution in [2.75, 3.05) is 0 Å². The Kier molecular flexibility index (Phi) is 1.72. The number of fused-ring (bicyclic) bond motifs is 1. The van der Waals surface area contributed by atoms with E-state index in [0.717, 1.165) is 10.2 Å². The van der Waals surface area contributed by atoms with Gasteiger partial charge in [0.1, 0.15) is 11.2 Å². The van der Waals surface area contributed by atoms with Gasteiger partial charge < -0.3 is 5.21 Å². The van der Waals surface area contributed by atoms with Gasteiger partial charge in [-0.15, -0.1) is 11.3 Å². The average molecular weight is 217 g/mol. The molecule has 3 rings (SSSR count). The number of rotatable bonds is 1. The number of hydrogen-bond acceptors (Lipinski definition) is 4. The highest BCUT2D eigenvalue weighted by atomic mass is 32.1. The Morgan fingerprint density at radius 3 is 2.87 bits per heavy atom.